The van der Waals surface area contributed by atoms with Crippen LogP contribution in [-0.2, 0) is 0 Å². The van der Waals surface area contributed by atoms with E-state index in [0.29, 0.717) is 8.48 Å². The summed E-state index contributed by atoms with van der Waals surface area (Å²) in [6, 6.07) is 0. The first-order valence-corrected chi connectivity index (χ1v) is 7.25. The normalized spacial score (nSPS) is 10.5. The molecule has 0 N–H and O–H groups in total. The molecule has 1 nitrogen and oxygen atoms in total. The molecule has 2 aromatic heterocycles. The van der Waals surface area contributed by atoms with Crippen LogP contribution in [0.5, 0.6) is 0 Å². The van der Waals surface area contributed by atoms with Crippen molar-refractivity contribution in [3.05, 3.63) is 11.6 Å². The highest BCUT2D eigenvalue weighted by Crippen LogP contribution is 2.52. The number of nitrogens with zero attached hydrogens (tertiary/aromatic N) is 1. The van der Waals surface area contributed by atoms with Crippen molar-refractivity contribution in [2.24, 2.45) is 0 Å². The summed E-state index contributed by atoms with van der Waals surface area (Å²) in [6.07, 6.45) is 1.87. The molecule has 0 saturated carbocycles. The molecular weight excluding hydrogens is 178 g/mol. The summed E-state index contributed by atoms with van der Waals surface area (Å²) in [6.45, 7) is 0. The second-order valence-electron chi connectivity index (χ2n) is 1.17. The lowest BCUT2D eigenvalue weighted by Crippen LogP contribution is -1.51. The first-order chi connectivity index (χ1) is 3.97. The van der Waals surface area contributed by atoms with E-state index in [9.17, 15) is 0 Å². The molecule has 0 spiro atoms. The second-order valence-corrected chi connectivity index (χ2v) is 9.35. The minimum absolute atomic E-state index is 0.443. The molecule has 0 aliphatic rings. The van der Waals surface area contributed by atoms with E-state index >= 15 is 0 Å². The first-order valence-electron chi connectivity index (χ1n) is 1.96. The molecule has 2 rings (SSSR count). The molecule has 5 heteroatoms. The van der Waals surface area contributed by atoms with Crippen molar-refractivity contribution >= 4 is 38.5 Å². The Morgan fingerprint density at radius 2 is 2.38 bits per heavy atom. The SMILES string of the molecule is c1csc(-[s+]2ss2)n1. The van der Waals surface area contributed by atoms with Gasteiger partial charge in [0.1, 0.15) is 0 Å². The number of rotatable bonds is 1. The van der Waals surface area contributed by atoms with Crippen LogP contribution in [0.2, 0.25) is 0 Å². The Morgan fingerprint density at radius 3 is 2.88 bits per heavy atom. The summed E-state index contributed by atoms with van der Waals surface area (Å²) in [7, 11) is 4.28. The van der Waals surface area contributed by atoms with Gasteiger partial charge in [0.2, 0.25) is 8.48 Å². The lowest BCUT2D eigenvalue weighted by Gasteiger charge is -1.61. The van der Waals surface area contributed by atoms with Gasteiger partial charge < -0.3 is 0 Å². The largest absolute Gasteiger partial charge is 0.306 e. The van der Waals surface area contributed by atoms with E-state index in [4.69, 9.17) is 0 Å². The summed E-state index contributed by atoms with van der Waals surface area (Å²) >= 11 is 1.75. The molecule has 0 amide bonds. The Morgan fingerprint density at radius 1 is 1.50 bits per heavy atom. The van der Waals surface area contributed by atoms with E-state index < -0.39 is 0 Å². The Hall–Kier alpha value is 0.290. The van der Waals surface area contributed by atoms with Crippen LogP contribution in [0.1, 0.15) is 0 Å². The number of hydrogen-bond acceptors (Lipinski definition) is 4. The van der Waals surface area contributed by atoms with Gasteiger partial charge >= 0.3 is 18.7 Å². The van der Waals surface area contributed by atoms with Crippen molar-refractivity contribution in [3.63, 3.8) is 0 Å². The highest BCUT2D eigenvalue weighted by molar-refractivity contribution is 8.41. The van der Waals surface area contributed by atoms with Crippen molar-refractivity contribution in [2.75, 3.05) is 0 Å². The smallest absolute Gasteiger partial charge is 0.219 e. The predicted octanol–water partition coefficient (Wildman–Crippen LogP) is 3.00. The standard InChI is InChI=1S/C3H2NS4/c1-2-5-3(4-1)8-6-7-8/h1-2H/q+1. The fourth-order valence-corrected chi connectivity index (χ4v) is 6.44. The predicted molar refractivity (Wildman–Crippen MR) is 41.7 cm³/mol. The first kappa shape index (κ1) is 5.10. The van der Waals surface area contributed by atoms with Crippen LogP contribution in [0.4, 0.5) is 0 Å². The fraction of sp³-hybridized carbons (Fsp3) is 0. The molecule has 0 atom stereocenters. The summed E-state index contributed by atoms with van der Waals surface area (Å²) < 4.78 is 1.29. The molecule has 0 aliphatic carbocycles. The number of thiazole rings is 1. The summed E-state index contributed by atoms with van der Waals surface area (Å²) in [4.78, 5) is 4.17. The number of hydrogen-bond donors (Lipinski definition) is 0. The van der Waals surface area contributed by atoms with E-state index in [1.165, 1.54) is 4.34 Å². The molecular formula is C3H2NS4+. The van der Waals surface area contributed by atoms with Crippen molar-refractivity contribution < 1.29 is 0 Å². The van der Waals surface area contributed by atoms with E-state index in [-0.39, 0.29) is 0 Å². The highest BCUT2D eigenvalue weighted by atomic mass is 33.7. The zero-order valence-electron chi connectivity index (χ0n) is 3.73. The molecule has 2 heterocycles. The van der Waals surface area contributed by atoms with Gasteiger partial charge in [-0.25, -0.2) is 4.98 Å². The van der Waals surface area contributed by atoms with Crippen molar-refractivity contribution in [1.29, 1.82) is 0 Å². The minimum atomic E-state index is 0.443. The quantitative estimate of drug-likeness (QED) is 0.485. The van der Waals surface area contributed by atoms with Crippen LogP contribution in [0.3, 0.4) is 0 Å². The van der Waals surface area contributed by atoms with Crippen LogP contribution in [0, 0.1) is 0 Å². The summed E-state index contributed by atoms with van der Waals surface area (Å²) in [5.74, 6) is 0. The van der Waals surface area contributed by atoms with Crippen LogP contribution in [0.15, 0.2) is 11.6 Å². The third-order valence-electron chi connectivity index (χ3n) is 0.688. The van der Waals surface area contributed by atoms with Crippen molar-refractivity contribution in [1.82, 2.24) is 4.98 Å². The van der Waals surface area contributed by atoms with Crippen LogP contribution in [0.25, 0.3) is 4.34 Å². The van der Waals surface area contributed by atoms with Crippen molar-refractivity contribution in [3.8, 4) is 4.34 Å². The third-order valence-corrected chi connectivity index (χ3v) is 7.55. The monoisotopic (exact) mass is 180 g/mol. The topological polar surface area (TPSA) is 12.9 Å². The van der Waals surface area contributed by atoms with Gasteiger partial charge in [-0.1, -0.05) is 11.3 Å². The molecule has 0 radical (unpaired) electrons. The van der Waals surface area contributed by atoms with Gasteiger partial charge in [-0.2, -0.15) is 0 Å². The maximum atomic E-state index is 4.17. The van der Waals surface area contributed by atoms with Gasteiger partial charge in [0, 0.05) is 11.6 Å². The van der Waals surface area contributed by atoms with Gasteiger partial charge in [0.15, 0.2) is 0 Å². The fourth-order valence-electron chi connectivity index (χ4n) is 0.365. The maximum Gasteiger partial charge on any atom is 0.306 e. The Balaban J connectivity index is 2.47. The third kappa shape index (κ3) is 0.862. The lowest BCUT2D eigenvalue weighted by molar-refractivity contribution is 1.47. The molecule has 0 unspecified atom stereocenters. The second kappa shape index (κ2) is 1.91. The Labute approximate surface area is 59.4 Å². The van der Waals surface area contributed by atoms with Gasteiger partial charge in [0.05, 0.1) is 0 Å². The maximum absolute atomic E-state index is 4.17. The Bertz CT molecular complexity index is 226. The molecule has 0 aliphatic heterocycles. The van der Waals surface area contributed by atoms with Crippen molar-refractivity contribution in [2.45, 2.75) is 0 Å². The average Bonchev–Trinajstić information content (AvgIpc) is 2.49. The van der Waals surface area contributed by atoms with Gasteiger partial charge in [-0.3, -0.25) is 0 Å². The van der Waals surface area contributed by atoms with Gasteiger partial charge in [0.25, 0.3) is 4.34 Å². The zero-order valence-corrected chi connectivity index (χ0v) is 7.00. The molecule has 0 fully saturated rings. The lowest BCUT2D eigenvalue weighted by atomic mass is 11.0. The van der Waals surface area contributed by atoms with Crippen LogP contribution < -0.4 is 0 Å². The summed E-state index contributed by atoms with van der Waals surface area (Å²) in [5.41, 5.74) is 0. The molecule has 2 aromatic rings. The number of aromatic nitrogens is 1. The highest BCUT2D eigenvalue weighted by Gasteiger charge is 2.23. The summed E-state index contributed by atoms with van der Waals surface area (Å²) in [5, 5.41) is 2.03. The Kier molecular flexibility index (Phi) is 1.22. The molecule has 8 heavy (non-hydrogen) atoms. The molecule has 0 aromatic carbocycles. The van der Waals surface area contributed by atoms with Crippen LogP contribution >= 0.6 is 38.5 Å². The van der Waals surface area contributed by atoms with Gasteiger partial charge in [-0.15, -0.1) is 0 Å². The molecule has 42 valence electrons. The van der Waals surface area contributed by atoms with E-state index in [2.05, 4.69) is 4.98 Å². The minimum Gasteiger partial charge on any atom is -0.219 e. The average molecular weight is 180 g/mol. The van der Waals surface area contributed by atoms with E-state index in [1.54, 1.807) is 11.3 Å². The molecule has 0 saturated heterocycles. The van der Waals surface area contributed by atoms with E-state index in [0.717, 1.165) is 0 Å². The van der Waals surface area contributed by atoms with Gasteiger partial charge in [-0.05, 0) is 0 Å². The van der Waals surface area contributed by atoms with Crippen LogP contribution in [-0.4, -0.2) is 4.98 Å². The molecule has 0 bridgehead atoms. The van der Waals surface area contributed by atoms with E-state index in [1.807, 2.05) is 30.3 Å². The zero-order chi connectivity index (χ0) is 5.40.